The molecule has 2 N–H and O–H groups in total. The van der Waals surface area contributed by atoms with E-state index in [-0.39, 0.29) is 34.7 Å². The SMILES string of the molecule is Nc1nc(C(=O)C(=O)[O-])ns1.[Na+]. The van der Waals surface area contributed by atoms with Crippen LogP contribution >= 0.6 is 11.5 Å². The van der Waals surface area contributed by atoms with Crippen LogP contribution < -0.4 is 40.4 Å². The van der Waals surface area contributed by atoms with Crippen molar-refractivity contribution in [1.29, 1.82) is 0 Å². The number of carbonyl (C=O) groups is 2. The van der Waals surface area contributed by atoms with Crippen LogP contribution in [0.2, 0.25) is 0 Å². The number of Topliss-reactive ketones (excluding diaryl/α,β-unsaturated/α-hetero) is 1. The number of nitrogens with two attached hydrogens (primary N) is 1. The Kier molecular flexibility index (Phi) is 4.32. The second-order valence-corrected chi connectivity index (χ2v) is 2.36. The summed E-state index contributed by atoms with van der Waals surface area (Å²) in [7, 11) is 0. The van der Waals surface area contributed by atoms with E-state index in [2.05, 4.69) is 9.36 Å². The van der Waals surface area contributed by atoms with Crippen LogP contribution in [-0.2, 0) is 4.79 Å². The van der Waals surface area contributed by atoms with Crippen molar-refractivity contribution in [1.82, 2.24) is 9.36 Å². The number of nitrogens with zero attached hydrogens (tertiary/aromatic N) is 2. The number of ketones is 1. The molecule has 0 amide bonds. The van der Waals surface area contributed by atoms with E-state index in [1.54, 1.807) is 0 Å². The van der Waals surface area contributed by atoms with E-state index in [1.165, 1.54) is 0 Å². The molecule has 0 radical (unpaired) electrons. The van der Waals surface area contributed by atoms with Gasteiger partial charge in [0.25, 0.3) is 0 Å². The normalized spacial score (nSPS) is 8.67. The number of anilines is 1. The van der Waals surface area contributed by atoms with Gasteiger partial charge in [-0.05, 0) is 0 Å². The molecule has 0 bridgehead atoms. The molecule has 0 spiro atoms. The van der Waals surface area contributed by atoms with E-state index >= 15 is 0 Å². The number of carbonyl (C=O) groups excluding carboxylic acids is 2. The molecule has 0 aromatic carbocycles. The summed E-state index contributed by atoms with van der Waals surface area (Å²) >= 11 is 0.755. The van der Waals surface area contributed by atoms with Crippen molar-refractivity contribution in [3.63, 3.8) is 0 Å². The Balaban J connectivity index is 0.00000121. The quantitative estimate of drug-likeness (QED) is 0.287. The molecule has 0 saturated carbocycles. The van der Waals surface area contributed by atoms with Crippen LogP contribution in [0.4, 0.5) is 5.13 Å². The first-order valence-corrected chi connectivity index (χ1v) is 3.23. The van der Waals surface area contributed by atoms with Gasteiger partial charge >= 0.3 is 29.6 Å². The van der Waals surface area contributed by atoms with Crippen LogP contribution in [0.3, 0.4) is 0 Å². The molecule has 0 aliphatic rings. The Morgan fingerprint density at radius 1 is 1.50 bits per heavy atom. The molecule has 1 rings (SSSR count). The Labute approximate surface area is 93.3 Å². The fraction of sp³-hybridized carbons (Fsp3) is 0. The number of rotatable bonds is 2. The number of aromatic nitrogens is 2. The molecule has 58 valence electrons. The summed E-state index contributed by atoms with van der Waals surface area (Å²) in [4.78, 5) is 23.8. The van der Waals surface area contributed by atoms with Crippen molar-refractivity contribution in [2.45, 2.75) is 0 Å². The molecule has 12 heavy (non-hydrogen) atoms. The maximum absolute atomic E-state index is 10.5. The van der Waals surface area contributed by atoms with Gasteiger partial charge in [-0.15, -0.1) is 0 Å². The van der Waals surface area contributed by atoms with Crippen LogP contribution in [0, 0.1) is 0 Å². The average Bonchev–Trinajstić information content (AvgIpc) is 2.34. The first kappa shape index (κ1) is 11.5. The number of hydrogen-bond donors (Lipinski definition) is 1. The van der Waals surface area contributed by atoms with E-state index in [0.29, 0.717) is 0 Å². The van der Waals surface area contributed by atoms with Crippen LogP contribution in [0.15, 0.2) is 0 Å². The molecule has 0 saturated heterocycles. The molecular formula is C4H2N3NaO3S. The van der Waals surface area contributed by atoms with Crippen molar-refractivity contribution < 1.29 is 44.3 Å². The number of nitrogen functional groups attached to an aromatic ring is 1. The minimum absolute atomic E-state index is 0. The Morgan fingerprint density at radius 3 is 2.42 bits per heavy atom. The van der Waals surface area contributed by atoms with Crippen LogP contribution in [0.1, 0.15) is 10.6 Å². The van der Waals surface area contributed by atoms with E-state index in [1.807, 2.05) is 0 Å². The number of hydrogen-bond acceptors (Lipinski definition) is 7. The molecular weight excluding hydrogens is 193 g/mol. The standard InChI is InChI=1S/C4H3N3O3S.Na/c5-4-6-2(7-11-4)1(8)3(9)10;/h(H,9,10)(H2,5,6,7);/q;+1/p-1. The van der Waals surface area contributed by atoms with Crippen molar-refractivity contribution in [3.05, 3.63) is 5.82 Å². The second-order valence-electron chi connectivity index (χ2n) is 1.57. The minimum atomic E-state index is -1.83. The van der Waals surface area contributed by atoms with Gasteiger partial charge in [0.1, 0.15) is 5.97 Å². The molecule has 1 aromatic heterocycles. The molecule has 0 aliphatic carbocycles. The third-order valence-corrected chi connectivity index (χ3v) is 1.37. The topological polar surface area (TPSA) is 109 Å². The zero-order chi connectivity index (χ0) is 8.43. The summed E-state index contributed by atoms with van der Waals surface area (Å²) in [5.41, 5.74) is 5.10. The van der Waals surface area contributed by atoms with Gasteiger partial charge < -0.3 is 15.6 Å². The summed E-state index contributed by atoms with van der Waals surface area (Å²) in [6.45, 7) is 0. The predicted molar refractivity (Wildman–Crippen MR) is 33.7 cm³/mol. The zero-order valence-electron chi connectivity index (χ0n) is 6.10. The fourth-order valence-corrected chi connectivity index (χ4v) is 0.850. The van der Waals surface area contributed by atoms with Crippen LogP contribution in [0.25, 0.3) is 0 Å². The Hall–Kier alpha value is -0.500. The van der Waals surface area contributed by atoms with Gasteiger partial charge in [0, 0.05) is 11.5 Å². The number of aliphatic carboxylic acids is 1. The van der Waals surface area contributed by atoms with E-state index in [9.17, 15) is 14.7 Å². The molecule has 6 nitrogen and oxygen atoms in total. The third-order valence-electron chi connectivity index (χ3n) is 0.830. The summed E-state index contributed by atoms with van der Waals surface area (Å²) in [5.74, 6) is -3.51. The van der Waals surface area contributed by atoms with E-state index in [0.717, 1.165) is 11.5 Å². The van der Waals surface area contributed by atoms with Crippen molar-refractivity contribution in [2.24, 2.45) is 0 Å². The molecule has 8 heteroatoms. The van der Waals surface area contributed by atoms with Gasteiger partial charge in [-0.2, -0.15) is 9.36 Å². The zero-order valence-corrected chi connectivity index (χ0v) is 8.92. The molecule has 0 atom stereocenters. The van der Waals surface area contributed by atoms with E-state index in [4.69, 9.17) is 5.73 Å². The number of carboxylic acids is 1. The summed E-state index contributed by atoms with van der Waals surface area (Å²) < 4.78 is 3.37. The minimum Gasteiger partial charge on any atom is -0.541 e. The smallest absolute Gasteiger partial charge is 0.541 e. The Morgan fingerprint density at radius 2 is 2.08 bits per heavy atom. The number of carboxylic acid groups (broad SMARTS) is 1. The van der Waals surface area contributed by atoms with Crippen molar-refractivity contribution in [2.75, 3.05) is 5.73 Å². The second kappa shape index (κ2) is 4.51. The molecule has 0 aliphatic heterocycles. The first-order chi connectivity index (χ1) is 5.11. The Bertz CT molecular complexity index is 312. The van der Waals surface area contributed by atoms with Gasteiger partial charge in [0.2, 0.25) is 11.6 Å². The van der Waals surface area contributed by atoms with Crippen LogP contribution in [-0.4, -0.2) is 21.1 Å². The predicted octanol–water partition coefficient (Wildman–Crippen LogP) is -4.94. The summed E-state index contributed by atoms with van der Waals surface area (Å²) in [6.07, 6.45) is 0. The first-order valence-electron chi connectivity index (χ1n) is 2.46. The maximum Gasteiger partial charge on any atom is 1.00 e. The fourth-order valence-electron chi connectivity index (χ4n) is 0.419. The molecule has 1 aromatic rings. The van der Waals surface area contributed by atoms with Gasteiger partial charge in [-0.1, -0.05) is 0 Å². The molecule has 1 heterocycles. The average molecular weight is 195 g/mol. The van der Waals surface area contributed by atoms with Crippen molar-refractivity contribution >= 4 is 28.4 Å². The van der Waals surface area contributed by atoms with Gasteiger partial charge in [0.05, 0.1) is 0 Å². The van der Waals surface area contributed by atoms with E-state index < -0.39 is 17.6 Å². The summed E-state index contributed by atoms with van der Waals surface area (Å²) in [5, 5.41) is 9.98. The third kappa shape index (κ3) is 2.52. The van der Waals surface area contributed by atoms with Crippen molar-refractivity contribution in [3.8, 4) is 0 Å². The largest absolute Gasteiger partial charge is 1.00 e. The maximum atomic E-state index is 10.5. The van der Waals surface area contributed by atoms with Gasteiger partial charge in [-0.3, -0.25) is 4.79 Å². The van der Waals surface area contributed by atoms with Gasteiger partial charge in [-0.25, -0.2) is 0 Å². The summed E-state index contributed by atoms with van der Waals surface area (Å²) in [6, 6.07) is 0. The molecule has 0 unspecified atom stereocenters. The molecule has 0 fully saturated rings. The van der Waals surface area contributed by atoms with Gasteiger partial charge in [0.15, 0.2) is 5.13 Å². The van der Waals surface area contributed by atoms with Crippen LogP contribution in [0.5, 0.6) is 0 Å². The monoisotopic (exact) mass is 195 g/mol.